The lowest BCUT2D eigenvalue weighted by Crippen LogP contribution is -2.50. The van der Waals surface area contributed by atoms with Crippen molar-refractivity contribution in [1.29, 1.82) is 0 Å². The van der Waals surface area contributed by atoms with Crippen molar-refractivity contribution in [1.82, 2.24) is 14.9 Å². The number of likely N-dealkylation sites (tertiary alicyclic amines) is 1. The van der Waals surface area contributed by atoms with Crippen molar-refractivity contribution >= 4 is 17.9 Å². The third-order valence-corrected chi connectivity index (χ3v) is 4.34. The van der Waals surface area contributed by atoms with Crippen LogP contribution in [0, 0.1) is 5.92 Å². The highest BCUT2D eigenvalue weighted by molar-refractivity contribution is 5.91. The summed E-state index contributed by atoms with van der Waals surface area (Å²) >= 11 is 0. The van der Waals surface area contributed by atoms with E-state index in [-0.39, 0.29) is 23.8 Å². The molecule has 0 unspecified atom stereocenters. The first kappa shape index (κ1) is 16.7. The molecule has 7 nitrogen and oxygen atoms in total. The minimum absolute atomic E-state index is 0.00221. The molecule has 2 heterocycles. The smallest absolute Gasteiger partial charge is 0.410 e. The van der Waals surface area contributed by atoms with E-state index in [9.17, 15) is 9.59 Å². The Morgan fingerprint density at radius 2 is 2.00 bits per heavy atom. The molecular weight excluding hydrogens is 308 g/mol. The average Bonchev–Trinajstić information content (AvgIpc) is 2.32. The van der Waals surface area contributed by atoms with E-state index in [1.54, 1.807) is 11.1 Å². The number of anilines is 1. The predicted octanol–water partition coefficient (Wildman–Crippen LogP) is 2.55. The largest absolute Gasteiger partial charge is 0.444 e. The van der Waals surface area contributed by atoms with Crippen molar-refractivity contribution < 1.29 is 14.3 Å². The molecular formula is C17H24N4O3. The maximum absolute atomic E-state index is 12.0. The number of nitrogens with one attached hydrogen (secondary N) is 1. The van der Waals surface area contributed by atoms with E-state index in [4.69, 9.17) is 4.74 Å². The average molecular weight is 332 g/mol. The Hall–Kier alpha value is -2.18. The number of nitrogens with zero attached hydrogens (tertiary/aromatic N) is 3. The molecule has 7 heteroatoms. The molecule has 0 spiro atoms. The van der Waals surface area contributed by atoms with Crippen molar-refractivity contribution in [3.8, 4) is 0 Å². The van der Waals surface area contributed by atoms with Gasteiger partial charge in [-0.15, -0.1) is 0 Å². The zero-order valence-electron chi connectivity index (χ0n) is 14.4. The van der Waals surface area contributed by atoms with Crippen LogP contribution in [-0.2, 0) is 9.53 Å². The van der Waals surface area contributed by atoms with Crippen LogP contribution in [0.2, 0.25) is 0 Å². The number of rotatable bonds is 3. The zero-order chi connectivity index (χ0) is 17.3. The van der Waals surface area contributed by atoms with Crippen LogP contribution in [0.25, 0.3) is 0 Å². The summed E-state index contributed by atoms with van der Waals surface area (Å²) < 4.78 is 5.34. The van der Waals surface area contributed by atoms with Crippen LogP contribution in [0.3, 0.4) is 0 Å². The van der Waals surface area contributed by atoms with Crippen LogP contribution in [0.1, 0.15) is 51.6 Å². The van der Waals surface area contributed by atoms with Crippen molar-refractivity contribution in [3.05, 3.63) is 18.0 Å². The van der Waals surface area contributed by atoms with E-state index in [0.29, 0.717) is 19.0 Å². The molecule has 0 radical (unpaired) electrons. The number of carbonyl (C=O) groups is 2. The summed E-state index contributed by atoms with van der Waals surface area (Å²) in [4.78, 5) is 34.1. The SMILES string of the molecule is CC(C)(C)OC(=O)N1CC(c2ccnc(NC(=O)C3CCC3)n2)C1. The van der Waals surface area contributed by atoms with Gasteiger partial charge in [-0.2, -0.15) is 0 Å². The van der Waals surface area contributed by atoms with Gasteiger partial charge in [0.05, 0.1) is 5.69 Å². The summed E-state index contributed by atoms with van der Waals surface area (Å²) in [6, 6.07) is 1.83. The highest BCUT2D eigenvalue weighted by atomic mass is 16.6. The highest BCUT2D eigenvalue weighted by Crippen LogP contribution is 2.29. The molecule has 2 fully saturated rings. The van der Waals surface area contributed by atoms with Crippen molar-refractivity contribution in [3.63, 3.8) is 0 Å². The monoisotopic (exact) mass is 332 g/mol. The Morgan fingerprint density at radius 3 is 2.58 bits per heavy atom. The second-order valence-corrected chi connectivity index (χ2v) is 7.50. The van der Waals surface area contributed by atoms with Crippen molar-refractivity contribution in [2.75, 3.05) is 18.4 Å². The highest BCUT2D eigenvalue weighted by Gasteiger charge is 2.35. The molecule has 1 aliphatic heterocycles. The van der Waals surface area contributed by atoms with Gasteiger partial charge in [0.1, 0.15) is 5.60 Å². The fourth-order valence-electron chi connectivity index (χ4n) is 2.68. The second kappa shape index (κ2) is 6.37. The summed E-state index contributed by atoms with van der Waals surface area (Å²) in [6.45, 7) is 6.70. The summed E-state index contributed by atoms with van der Waals surface area (Å²) in [5, 5.41) is 2.79. The van der Waals surface area contributed by atoms with E-state index in [1.165, 1.54) is 0 Å². The van der Waals surface area contributed by atoms with Crippen LogP contribution < -0.4 is 5.32 Å². The third-order valence-electron chi connectivity index (χ3n) is 4.34. The second-order valence-electron chi connectivity index (χ2n) is 7.50. The quantitative estimate of drug-likeness (QED) is 0.919. The number of ether oxygens (including phenoxy) is 1. The summed E-state index contributed by atoms with van der Waals surface area (Å²) in [5.74, 6) is 0.603. The molecule has 1 saturated carbocycles. The van der Waals surface area contributed by atoms with E-state index in [1.807, 2.05) is 26.8 Å². The third kappa shape index (κ3) is 3.83. The van der Waals surface area contributed by atoms with Crippen molar-refractivity contribution in [2.24, 2.45) is 5.92 Å². The summed E-state index contributed by atoms with van der Waals surface area (Å²) in [5.41, 5.74) is 0.351. The Labute approximate surface area is 141 Å². The van der Waals surface area contributed by atoms with Gasteiger partial charge in [-0.1, -0.05) is 6.42 Å². The van der Waals surface area contributed by atoms with Crippen LogP contribution in [0.5, 0.6) is 0 Å². The minimum Gasteiger partial charge on any atom is -0.444 e. The number of carbonyl (C=O) groups excluding carboxylic acids is 2. The lowest BCUT2D eigenvalue weighted by molar-refractivity contribution is -0.122. The lowest BCUT2D eigenvalue weighted by Gasteiger charge is -2.39. The van der Waals surface area contributed by atoms with Gasteiger partial charge in [0.25, 0.3) is 0 Å². The molecule has 1 saturated heterocycles. The number of amides is 2. The van der Waals surface area contributed by atoms with Gasteiger partial charge in [-0.25, -0.2) is 14.8 Å². The van der Waals surface area contributed by atoms with Gasteiger partial charge in [-0.05, 0) is 39.7 Å². The number of aromatic nitrogens is 2. The van der Waals surface area contributed by atoms with E-state index in [2.05, 4.69) is 15.3 Å². The molecule has 24 heavy (non-hydrogen) atoms. The number of hydrogen-bond donors (Lipinski definition) is 1. The van der Waals surface area contributed by atoms with Crippen LogP contribution in [0.15, 0.2) is 12.3 Å². The summed E-state index contributed by atoms with van der Waals surface area (Å²) in [6.07, 6.45) is 4.35. The lowest BCUT2D eigenvalue weighted by atomic mass is 9.85. The zero-order valence-corrected chi connectivity index (χ0v) is 14.4. The predicted molar refractivity (Wildman–Crippen MR) is 88.6 cm³/mol. The molecule has 0 aromatic carbocycles. The van der Waals surface area contributed by atoms with Crippen LogP contribution in [-0.4, -0.2) is 45.6 Å². The molecule has 3 rings (SSSR count). The van der Waals surface area contributed by atoms with Crippen LogP contribution >= 0.6 is 0 Å². The maximum Gasteiger partial charge on any atom is 0.410 e. The Balaban J connectivity index is 1.54. The Kier molecular flexibility index (Phi) is 4.43. The standard InChI is InChI=1S/C17H24N4O3/c1-17(2,3)24-16(23)21-9-12(10-21)13-7-8-18-15(19-13)20-14(22)11-5-4-6-11/h7-8,11-12H,4-6,9-10H2,1-3H3,(H,18,19,20,22). The molecule has 2 aliphatic rings. The summed E-state index contributed by atoms with van der Waals surface area (Å²) in [7, 11) is 0. The Morgan fingerprint density at radius 1 is 1.29 bits per heavy atom. The molecule has 1 aromatic rings. The van der Waals surface area contributed by atoms with Gasteiger partial charge in [-0.3, -0.25) is 10.1 Å². The van der Waals surface area contributed by atoms with E-state index >= 15 is 0 Å². The van der Waals surface area contributed by atoms with Crippen LogP contribution in [0.4, 0.5) is 10.7 Å². The molecule has 1 aliphatic carbocycles. The van der Waals surface area contributed by atoms with Gasteiger partial charge < -0.3 is 9.64 Å². The van der Waals surface area contributed by atoms with Gasteiger partial charge >= 0.3 is 6.09 Å². The normalized spacial score (nSPS) is 18.5. The molecule has 0 atom stereocenters. The minimum atomic E-state index is -0.490. The molecule has 1 N–H and O–H groups in total. The first-order valence-corrected chi connectivity index (χ1v) is 8.43. The number of hydrogen-bond acceptors (Lipinski definition) is 5. The van der Waals surface area contributed by atoms with Gasteiger partial charge in [0.15, 0.2) is 0 Å². The topological polar surface area (TPSA) is 84.4 Å². The van der Waals surface area contributed by atoms with E-state index in [0.717, 1.165) is 25.0 Å². The molecule has 130 valence electrons. The molecule has 0 bridgehead atoms. The Bertz CT molecular complexity index is 631. The fraction of sp³-hybridized carbons (Fsp3) is 0.647. The molecule has 1 aromatic heterocycles. The first-order valence-electron chi connectivity index (χ1n) is 8.43. The van der Waals surface area contributed by atoms with E-state index < -0.39 is 5.60 Å². The van der Waals surface area contributed by atoms with Gasteiger partial charge in [0, 0.05) is 31.1 Å². The van der Waals surface area contributed by atoms with Crippen molar-refractivity contribution in [2.45, 2.75) is 51.6 Å². The fourth-order valence-corrected chi connectivity index (χ4v) is 2.68. The maximum atomic E-state index is 12.0. The first-order chi connectivity index (χ1) is 11.3. The van der Waals surface area contributed by atoms with Gasteiger partial charge in [0.2, 0.25) is 11.9 Å². The molecule has 2 amide bonds.